The summed E-state index contributed by atoms with van der Waals surface area (Å²) in [5.41, 5.74) is 0.842. The van der Waals surface area contributed by atoms with E-state index in [0.29, 0.717) is 0 Å². The molecule has 0 radical (unpaired) electrons. The number of anilines is 2. The van der Waals surface area contributed by atoms with Crippen LogP contribution in [0.2, 0.25) is 0 Å². The summed E-state index contributed by atoms with van der Waals surface area (Å²) in [4.78, 5) is 21.2. The van der Waals surface area contributed by atoms with Crippen molar-refractivity contribution in [1.29, 1.82) is 0 Å². The molecule has 23 heavy (non-hydrogen) atoms. The first kappa shape index (κ1) is 14.5. The minimum absolute atomic E-state index is 0.000801. The van der Waals surface area contributed by atoms with Gasteiger partial charge in [-0.05, 0) is 46.6 Å². The highest BCUT2D eigenvalue weighted by molar-refractivity contribution is 9.10. The molecule has 0 spiro atoms. The van der Waals surface area contributed by atoms with Gasteiger partial charge in [-0.1, -0.05) is 18.2 Å². The number of benzene rings is 1. The number of urea groups is 1. The van der Waals surface area contributed by atoms with E-state index in [1.54, 1.807) is 0 Å². The van der Waals surface area contributed by atoms with E-state index in [1.807, 2.05) is 53.6 Å². The maximum absolute atomic E-state index is 12.5. The molecule has 5 nitrogen and oxygen atoms in total. The van der Waals surface area contributed by atoms with Crippen LogP contribution >= 0.6 is 15.9 Å². The lowest BCUT2D eigenvalue weighted by Gasteiger charge is -2.56. The van der Waals surface area contributed by atoms with E-state index in [4.69, 9.17) is 0 Å². The quantitative estimate of drug-likeness (QED) is 0.879. The molecule has 6 heteroatoms. The highest BCUT2D eigenvalue weighted by Crippen LogP contribution is 2.34. The van der Waals surface area contributed by atoms with Gasteiger partial charge in [-0.3, -0.25) is 0 Å². The number of carbonyl (C=O) groups excluding carboxylic acids is 1. The lowest BCUT2D eigenvalue weighted by molar-refractivity contribution is 0.0437. The fourth-order valence-electron chi connectivity index (χ4n) is 3.39. The second-order valence-electron chi connectivity index (χ2n) is 5.99. The Morgan fingerprint density at radius 3 is 2.52 bits per heavy atom. The topological polar surface area (TPSA) is 48.5 Å². The SMILES string of the molecule is O=C(Nc1ccccc1)N1C2CC1CN(c1ccc(Br)cn1)C2. The number of piperidine rings is 1. The zero-order valence-electron chi connectivity index (χ0n) is 12.5. The second kappa shape index (κ2) is 5.85. The number of rotatable bonds is 2. The number of hydrogen-bond donors (Lipinski definition) is 1. The molecule has 3 fully saturated rings. The Balaban J connectivity index is 1.41. The van der Waals surface area contributed by atoms with Gasteiger partial charge in [-0.15, -0.1) is 0 Å². The van der Waals surface area contributed by atoms with Gasteiger partial charge in [-0.25, -0.2) is 9.78 Å². The van der Waals surface area contributed by atoms with Crippen molar-refractivity contribution in [3.63, 3.8) is 0 Å². The molecule has 3 aliphatic rings. The molecule has 0 saturated carbocycles. The molecule has 2 amide bonds. The predicted octanol–water partition coefficient (Wildman–Crippen LogP) is 3.34. The molecular weight excluding hydrogens is 356 g/mol. The van der Waals surface area contributed by atoms with E-state index >= 15 is 0 Å². The first-order valence-electron chi connectivity index (χ1n) is 7.71. The number of nitrogens with one attached hydrogen (secondary N) is 1. The fourth-order valence-corrected chi connectivity index (χ4v) is 3.63. The smallest absolute Gasteiger partial charge is 0.322 e. The summed E-state index contributed by atoms with van der Waals surface area (Å²) in [7, 11) is 0. The molecule has 2 bridgehead atoms. The van der Waals surface area contributed by atoms with Crippen LogP contribution in [0.3, 0.4) is 0 Å². The van der Waals surface area contributed by atoms with Crippen LogP contribution in [0.5, 0.6) is 0 Å². The van der Waals surface area contributed by atoms with Crippen LogP contribution in [0, 0.1) is 0 Å². The van der Waals surface area contributed by atoms with Crippen molar-refractivity contribution in [3.05, 3.63) is 53.1 Å². The average Bonchev–Trinajstić information content (AvgIpc) is 2.56. The third-order valence-corrected chi connectivity index (χ3v) is 4.96. The molecule has 2 unspecified atom stereocenters. The summed E-state index contributed by atoms with van der Waals surface area (Å²) >= 11 is 3.41. The van der Waals surface area contributed by atoms with Gasteiger partial charge in [0, 0.05) is 29.4 Å². The van der Waals surface area contributed by atoms with E-state index in [-0.39, 0.29) is 18.1 Å². The lowest BCUT2D eigenvalue weighted by Crippen LogP contribution is -2.71. The van der Waals surface area contributed by atoms with E-state index in [9.17, 15) is 4.79 Å². The van der Waals surface area contributed by atoms with Gasteiger partial charge < -0.3 is 15.1 Å². The zero-order chi connectivity index (χ0) is 15.8. The van der Waals surface area contributed by atoms with Crippen molar-refractivity contribution >= 4 is 33.5 Å². The van der Waals surface area contributed by atoms with Crippen LogP contribution in [0.1, 0.15) is 6.42 Å². The normalized spacial score (nSPS) is 22.5. The van der Waals surface area contributed by atoms with Crippen molar-refractivity contribution in [2.45, 2.75) is 18.5 Å². The number of halogens is 1. The maximum atomic E-state index is 12.5. The molecule has 3 aliphatic heterocycles. The van der Waals surface area contributed by atoms with Crippen LogP contribution in [0.25, 0.3) is 0 Å². The molecule has 4 heterocycles. The molecule has 1 aromatic heterocycles. The monoisotopic (exact) mass is 372 g/mol. The maximum Gasteiger partial charge on any atom is 0.322 e. The number of fused-ring (bicyclic) bond motifs is 2. The summed E-state index contributed by atoms with van der Waals surface area (Å²) in [6.07, 6.45) is 2.89. The van der Waals surface area contributed by atoms with Crippen LogP contribution in [0.15, 0.2) is 53.1 Å². The molecule has 0 aliphatic carbocycles. The Bertz CT molecular complexity index is 694. The van der Waals surface area contributed by atoms with Crippen LogP contribution < -0.4 is 10.2 Å². The molecule has 2 aromatic rings. The van der Waals surface area contributed by atoms with E-state index < -0.39 is 0 Å². The molecule has 5 rings (SSSR count). The van der Waals surface area contributed by atoms with Gasteiger partial charge in [0.25, 0.3) is 0 Å². The number of carbonyl (C=O) groups is 1. The summed E-state index contributed by atoms with van der Waals surface area (Å²) in [5.74, 6) is 0.978. The van der Waals surface area contributed by atoms with Crippen LogP contribution in [-0.4, -0.2) is 41.1 Å². The van der Waals surface area contributed by atoms with Gasteiger partial charge in [0.15, 0.2) is 0 Å². The Kier molecular flexibility index (Phi) is 3.69. The fraction of sp³-hybridized carbons (Fsp3) is 0.294. The number of amides is 2. The molecule has 3 saturated heterocycles. The van der Waals surface area contributed by atoms with Gasteiger partial charge in [0.2, 0.25) is 0 Å². The Labute approximate surface area is 143 Å². The van der Waals surface area contributed by atoms with Crippen LogP contribution in [-0.2, 0) is 0 Å². The van der Waals surface area contributed by atoms with Crippen molar-refractivity contribution in [1.82, 2.24) is 9.88 Å². The number of hydrogen-bond acceptors (Lipinski definition) is 3. The number of pyridine rings is 1. The number of piperazine rings is 1. The average molecular weight is 373 g/mol. The van der Waals surface area contributed by atoms with Crippen molar-refractivity contribution < 1.29 is 4.79 Å². The molecule has 1 aromatic carbocycles. The minimum Gasteiger partial charge on any atom is -0.352 e. The first-order chi connectivity index (χ1) is 11.2. The Morgan fingerprint density at radius 2 is 1.87 bits per heavy atom. The van der Waals surface area contributed by atoms with Gasteiger partial charge in [0.1, 0.15) is 5.82 Å². The van der Waals surface area contributed by atoms with Gasteiger partial charge in [-0.2, -0.15) is 0 Å². The van der Waals surface area contributed by atoms with E-state index in [0.717, 1.165) is 35.5 Å². The number of para-hydroxylation sites is 1. The predicted molar refractivity (Wildman–Crippen MR) is 93.6 cm³/mol. The van der Waals surface area contributed by atoms with Gasteiger partial charge >= 0.3 is 6.03 Å². The molecular formula is C17H17BrN4O. The third kappa shape index (κ3) is 2.79. The zero-order valence-corrected chi connectivity index (χ0v) is 14.1. The van der Waals surface area contributed by atoms with Crippen molar-refractivity contribution in [2.75, 3.05) is 23.3 Å². The first-order valence-corrected chi connectivity index (χ1v) is 8.51. The van der Waals surface area contributed by atoms with Crippen molar-refractivity contribution in [2.24, 2.45) is 0 Å². The lowest BCUT2D eigenvalue weighted by atomic mass is 9.88. The molecule has 118 valence electrons. The second-order valence-corrected chi connectivity index (χ2v) is 6.90. The summed E-state index contributed by atoms with van der Waals surface area (Å²) in [6.45, 7) is 1.68. The largest absolute Gasteiger partial charge is 0.352 e. The molecule has 2 atom stereocenters. The number of aromatic nitrogens is 1. The Hall–Kier alpha value is -2.08. The summed E-state index contributed by atoms with van der Waals surface area (Å²) in [5, 5.41) is 2.98. The Morgan fingerprint density at radius 1 is 1.13 bits per heavy atom. The standard InChI is InChI=1S/C17H17BrN4O/c18-12-6-7-16(19-9-12)21-10-14-8-15(11-21)22(14)17(23)20-13-4-2-1-3-5-13/h1-7,9,14-15H,8,10-11H2,(H,20,23). The summed E-state index contributed by atoms with van der Waals surface area (Å²) in [6, 6.07) is 14.2. The summed E-state index contributed by atoms with van der Waals surface area (Å²) < 4.78 is 0.979. The van der Waals surface area contributed by atoms with E-state index in [2.05, 4.69) is 31.1 Å². The highest BCUT2D eigenvalue weighted by atomic mass is 79.9. The van der Waals surface area contributed by atoms with E-state index in [1.165, 1.54) is 0 Å². The number of nitrogens with zero attached hydrogens (tertiary/aromatic N) is 3. The van der Waals surface area contributed by atoms with Gasteiger partial charge in [0.05, 0.1) is 12.1 Å². The van der Waals surface area contributed by atoms with Crippen LogP contribution in [0.4, 0.5) is 16.3 Å². The highest BCUT2D eigenvalue weighted by Gasteiger charge is 2.47. The minimum atomic E-state index is 0.000801. The third-order valence-electron chi connectivity index (χ3n) is 4.49. The molecule has 1 N–H and O–H groups in total. The van der Waals surface area contributed by atoms with Crippen molar-refractivity contribution in [3.8, 4) is 0 Å².